The number of rotatable bonds is 24. The number of sulfonamides is 1. The Kier molecular flexibility index (Phi) is 18.4. The molecule has 2 heterocycles. The molecule has 0 atom stereocenters. The monoisotopic (exact) mass is 939 g/mol. The van der Waals surface area contributed by atoms with Gasteiger partial charge in [-0.3, -0.25) is 30.5 Å². The molecular weight excluding hydrogens is 891 g/mol. The van der Waals surface area contributed by atoms with Crippen LogP contribution in [0.15, 0.2) is 96.2 Å². The van der Waals surface area contributed by atoms with Crippen LogP contribution in [0.2, 0.25) is 0 Å². The summed E-state index contributed by atoms with van der Waals surface area (Å²) in [6.45, 7) is 3.74. The van der Waals surface area contributed by atoms with Crippen molar-refractivity contribution in [1.29, 1.82) is 0 Å². The van der Waals surface area contributed by atoms with Crippen LogP contribution >= 0.6 is 0 Å². The number of methoxy groups -OCH3 is 1. The van der Waals surface area contributed by atoms with E-state index in [0.717, 1.165) is 5.56 Å². The van der Waals surface area contributed by atoms with Crippen LogP contribution in [0.3, 0.4) is 0 Å². The van der Waals surface area contributed by atoms with Crippen molar-refractivity contribution in [2.45, 2.75) is 57.0 Å². The predicted octanol–water partition coefficient (Wildman–Crippen LogP) is 5.81. The van der Waals surface area contributed by atoms with Gasteiger partial charge in [0, 0.05) is 12.4 Å². The highest BCUT2D eigenvalue weighted by molar-refractivity contribution is 7.92. The number of benzene rings is 3. The molecule has 5 aromatic rings. The minimum Gasteiger partial charge on any atom is -0.493 e. The summed E-state index contributed by atoms with van der Waals surface area (Å²) in [6, 6.07) is 20.6. The minimum absolute atomic E-state index is 0.0640. The van der Waals surface area contributed by atoms with Gasteiger partial charge in [0.05, 0.1) is 49.0 Å². The maximum atomic E-state index is 14.9. The van der Waals surface area contributed by atoms with Gasteiger partial charge in [-0.15, -0.1) is 0 Å². The van der Waals surface area contributed by atoms with E-state index >= 15 is 0 Å². The van der Waals surface area contributed by atoms with Crippen molar-refractivity contribution in [1.82, 2.24) is 30.7 Å². The van der Waals surface area contributed by atoms with Crippen LogP contribution in [0, 0.1) is 0 Å². The smallest absolute Gasteiger partial charge is 0.493 e. The third kappa shape index (κ3) is 15.0. The lowest BCUT2D eigenvalue weighted by Gasteiger charge is -2.26. The zero-order chi connectivity index (χ0) is 47.7. The maximum absolute atomic E-state index is 14.9. The van der Waals surface area contributed by atoms with E-state index in [1.54, 1.807) is 54.6 Å². The number of carbonyl (C=O) groups is 2. The highest BCUT2D eigenvalue weighted by Crippen LogP contribution is 2.43. The second-order valence-electron chi connectivity index (χ2n) is 14.7. The van der Waals surface area contributed by atoms with E-state index in [0.29, 0.717) is 15.4 Å². The normalized spacial score (nSPS) is 11.6. The van der Waals surface area contributed by atoms with Gasteiger partial charge in [-0.2, -0.15) is 4.98 Å². The summed E-state index contributed by atoms with van der Waals surface area (Å²) in [5.74, 6) is -1.95. The Hall–Kier alpha value is -6.61. The molecule has 66 heavy (non-hydrogen) atoms. The Morgan fingerprint density at radius 3 is 2.00 bits per heavy atom. The molecule has 5 rings (SSSR count). The van der Waals surface area contributed by atoms with Gasteiger partial charge >= 0.3 is 12.1 Å². The fourth-order valence-electron chi connectivity index (χ4n) is 5.66. The van der Waals surface area contributed by atoms with Crippen LogP contribution in [-0.2, 0) is 57.1 Å². The number of para-hydroxylation sites is 2. The first-order valence-electron chi connectivity index (χ1n) is 20.0. The molecule has 0 aliphatic heterocycles. The lowest BCUT2D eigenvalue weighted by molar-refractivity contribution is -0.497. The molecule has 0 aliphatic rings. The van der Waals surface area contributed by atoms with Gasteiger partial charge in [0.15, 0.2) is 29.9 Å². The number of carbonyl (C=O) groups excluding carboxylic acids is 2. The molecule has 23 nitrogen and oxygen atoms in total. The van der Waals surface area contributed by atoms with E-state index in [9.17, 15) is 18.0 Å². The molecule has 3 aromatic carbocycles. The van der Waals surface area contributed by atoms with Crippen LogP contribution in [0.1, 0.15) is 50.3 Å². The zero-order valence-corrected chi connectivity index (χ0v) is 37.1. The van der Waals surface area contributed by atoms with Crippen LogP contribution < -0.4 is 18.5 Å². The highest BCUT2D eigenvalue weighted by Gasteiger charge is 2.35. The van der Waals surface area contributed by atoms with Gasteiger partial charge in [0.2, 0.25) is 11.6 Å². The Balaban J connectivity index is 1.52. The molecule has 0 saturated carbocycles. The molecule has 4 N–H and O–H groups in total. The van der Waals surface area contributed by atoms with Crippen LogP contribution in [0.25, 0.3) is 11.6 Å². The summed E-state index contributed by atoms with van der Waals surface area (Å²) in [5.41, 5.74) is 1.67. The molecule has 0 fully saturated rings. The maximum Gasteiger partial charge on any atom is 0.510 e. The zero-order valence-electron chi connectivity index (χ0n) is 36.3. The largest absolute Gasteiger partial charge is 0.510 e. The standard InChI is InChI=1S/C42H49N7O16S/c1-42(2,3)31-16-18-32(19-17-31)66(56,57)47(28-62-41(51)61-22-7-8-23-63-48(52)53)39-36(65-34-11-6-5-10-33(34)58-4)40(46-38(45-39)37-43-20-9-21-44-37)60-25-24-59-35(50)26-29-12-14-30(15-13-29)27-64-49(54)55/h5-6,9-21,52-55H,7-8,22-28H2,1-4H3. The minimum atomic E-state index is -4.74. The van der Waals surface area contributed by atoms with Gasteiger partial charge in [-0.05, 0) is 65.3 Å². The average Bonchev–Trinajstić information content (AvgIpc) is 3.29. The molecule has 0 bridgehead atoms. The number of ether oxygens (including phenoxy) is 6. The number of esters is 1. The topological polar surface area (TPSA) is 284 Å². The van der Waals surface area contributed by atoms with E-state index in [1.807, 2.05) is 20.8 Å². The summed E-state index contributed by atoms with van der Waals surface area (Å²) in [7, 11) is -3.35. The van der Waals surface area contributed by atoms with Gasteiger partial charge < -0.3 is 28.4 Å². The molecule has 0 aliphatic carbocycles. The van der Waals surface area contributed by atoms with Gasteiger partial charge in [0.25, 0.3) is 15.9 Å². The van der Waals surface area contributed by atoms with Crippen LogP contribution in [0.4, 0.5) is 10.6 Å². The summed E-state index contributed by atoms with van der Waals surface area (Å²) in [6.07, 6.45) is 1.88. The first-order chi connectivity index (χ1) is 31.5. The predicted molar refractivity (Wildman–Crippen MR) is 226 cm³/mol. The van der Waals surface area contributed by atoms with Gasteiger partial charge in [-0.1, -0.05) is 69.3 Å². The van der Waals surface area contributed by atoms with Crippen molar-refractivity contribution < 1.29 is 76.9 Å². The first-order valence-corrected chi connectivity index (χ1v) is 21.4. The quantitative estimate of drug-likeness (QED) is 0.0246. The van der Waals surface area contributed by atoms with Crippen molar-refractivity contribution in [3.8, 4) is 34.8 Å². The molecule has 0 amide bonds. The number of hydrogen-bond donors (Lipinski definition) is 4. The summed E-state index contributed by atoms with van der Waals surface area (Å²) in [4.78, 5) is 52.3. The van der Waals surface area contributed by atoms with E-state index in [1.165, 1.54) is 43.8 Å². The first kappa shape index (κ1) is 50.4. The fourth-order valence-corrected chi connectivity index (χ4v) is 6.93. The van der Waals surface area contributed by atoms with Crippen molar-refractivity contribution in [2.24, 2.45) is 0 Å². The van der Waals surface area contributed by atoms with E-state index < -0.39 is 51.2 Å². The third-order valence-electron chi connectivity index (χ3n) is 8.98. The van der Waals surface area contributed by atoms with E-state index in [4.69, 9.17) is 49.3 Å². The second-order valence-corrected chi connectivity index (χ2v) is 16.6. The highest BCUT2D eigenvalue weighted by atomic mass is 32.2. The lowest BCUT2D eigenvalue weighted by atomic mass is 9.87. The molecule has 0 spiro atoms. The number of aromatic nitrogens is 4. The Morgan fingerprint density at radius 1 is 0.697 bits per heavy atom. The fraction of sp³-hybridized carbons (Fsp3) is 0.333. The summed E-state index contributed by atoms with van der Waals surface area (Å²) in [5, 5.41) is 34.1. The summed E-state index contributed by atoms with van der Waals surface area (Å²) < 4.78 is 64.4. The van der Waals surface area contributed by atoms with Gasteiger partial charge in [-0.25, -0.2) is 37.3 Å². The molecule has 0 unspecified atom stereocenters. The SMILES string of the molecule is COc1ccccc1Oc1c(OCCOC(=O)Cc2ccc(CON(O)O)cc2)nc(-c2ncccn2)nc1N(COC(=O)OCCCCON(O)O)S(=O)(=O)c1ccc(C(C)(C)C)cc1. The van der Waals surface area contributed by atoms with Crippen LogP contribution in [-0.4, -0.2) is 112 Å². The number of unbranched alkanes of at least 4 members (excludes halogenated alkanes) is 1. The molecule has 2 aromatic heterocycles. The summed E-state index contributed by atoms with van der Waals surface area (Å²) >= 11 is 0. The van der Waals surface area contributed by atoms with Crippen molar-refractivity contribution in [3.05, 3.63) is 108 Å². The second kappa shape index (κ2) is 24.1. The Morgan fingerprint density at radius 2 is 1.35 bits per heavy atom. The number of nitrogens with zero attached hydrogens (tertiary/aromatic N) is 7. The third-order valence-corrected chi connectivity index (χ3v) is 10.7. The number of anilines is 1. The van der Waals surface area contributed by atoms with Crippen LogP contribution in [0.5, 0.6) is 23.1 Å². The molecule has 354 valence electrons. The Bertz CT molecular complexity index is 2440. The molecule has 24 heteroatoms. The van der Waals surface area contributed by atoms with Gasteiger partial charge in [0.1, 0.15) is 13.2 Å². The number of hydrogen-bond acceptors (Lipinski definition) is 22. The van der Waals surface area contributed by atoms with Crippen molar-refractivity contribution in [3.63, 3.8) is 0 Å². The molecular formula is C42H49N7O16S. The van der Waals surface area contributed by atoms with E-state index in [2.05, 4.69) is 29.6 Å². The van der Waals surface area contributed by atoms with Crippen molar-refractivity contribution >= 4 is 28.0 Å². The Labute approximate surface area is 379 Å². The lowest BCUT2D eigenvalue weighted by Crippen LogP contribution is -2.36. The van der Waals surface area contributed by atoms with Crippen molar-refractivity contribution in [2.75, 3.05) is 44.6 Å². The average molecular weight is 940 g/mol. The molecule has 0 radical (unpaired) electrons. The van der Waals surface area contributed by atoms with E-state index in [-0.39, 0.29) is 91.6 Å². The molecule has 0 saturated heterocycles.